The molecule has 4 rings (SSSR count). The van der Waals surface area contributed by atoms with Gasteiger partial charge in [0.2, 0.25) is 0 Å². The molecule has 0 amide bonds. The van der Waals surface area contributed by atoms with Crippen molar-refractivity contribution in [3.8, 4) is 0 Å². The van der Waals surface area contributed by atoms with E-state index in [-0.39, 0.29) is 0 Å². The van der Waals surface area contributed by atoms with Gasteiger partial charge in [-0.15, -0.1) is 0 Å². The van der Waals surface area contributed by atoms with Crippen LogP contribution in [0.2, 0.25) is 0 Å². The number of hydrogen-bond donors (Lipinski definition) is 0. The number of aryl methyl sites for hydroxylation is 2. The van der Waals surface area contributed by atoms with Crippen LogP contribution in [0.15, 0.2) is 30.6 Å². The number of aromatic nitrogens is 5. The molecule has 0 radical (unpaired) electrons. The summed E-state index contributed by atoms with van der Waals surface area (Å²) in [6.07, 6.45) is 6.64. The average Bonchev–Trinajstić information content (AvgIpc) is 3.20. The predicted molar refractivity (Wildman–Crippen MR) is 88.1 cm³/mol. The molecule has 0 N–H and O–H groups in total. The van der Waals surface area contributed by atoms with Crippen molar-refractivity contribution in [1.29, 1.82) is 0 Å². The lowest BCUT2D eigenvalue weighted by molar-refractivity contribution is 0.216. The molecule has 3 aromatic heterocycles. The summed E-state index contributed by atoms with van der Waals surface area (Å²) in [6, 6.07) is 6.62. The van der Waals surface area contributed by atoms with Crippen molar-refractivity contribution in [2.24, 2.45) is 0 Å². The Balaban J connectivity index is 1.50. The highest BCUT2D eigenvalue weighted by Gasteiger charge is 2.26. The van der Waals surface area contributed by atoms with E-state index in [9.17, 15) is 0 Å². The molecule has 1 atom stereocenters. The van der Waals surface area contributed by atoms with Crippen molar-refractivity contribution in [3.05, 3.63) is 47.9 Å². The lowest BCUT2D eigenvalue weighted by Crippen LogP contribution is -2.33. The van der Waals surface area contributed by atoms with Gasteiger partial charge >= 0.3 is 0 Å². The highest BCUT2D eigenvalue weighted by atomic mass is 15.4. The predicted octanol–water partition coefficient (Wildman–Crippen LogP) is 2.21. The Kier molecular flexibility index (Phi) is 3.61. The first kappa shape index (κ1) is 14.4. The Labute approximate surface area is 135 Å². The molecule has 6 nitrogen and oxygen atoms in total. The summed E-state index contributed by atoms with van der Waals surface area (Å²) in [4.78, 5) is 11.7. The average molecular weight is 310 g/mol. The zero-order valence-electron chi connectivity index (χ0n) is 13.7. The molecule has 0 spiro atoms. The summed E-state index contributed by atoms with van der Waals surface area (Å²) in [5.41, 5.74) is 2.15. The Morgan fingerprint density at radius 2 is 2.13 bits per heavy atom. The maximum absolute atomic E-state index is 4.73. The first-order valence-electron chi connectivity index (χ1n) is 8.24. The molecule has 3 aromatic rings. The van der Waals surface area contributed by atoms with E-state index in [0.717, 1.165) is 42.6 Å². The third-order valence-electron chi connectivity index (χ3n) is 4.62. The Morgan fingerprint density at radius 3 is 2.91 bits per heavy atom. The number of fused-ring (bicyclic) bond motifs is 1. The van der Waals surface area contributed by atoms with Gasteiger partial charge in [-0.2, -0.15) is 5.10 Å². The van der Waals surface area contributed by atoms with Crippen LogP contribution in [0.1, 0.15) is 30.2 Å². The molecular weight excluding hydrogens is 288 g/mol. The first-order valence-corrected chi connectivity index (χ1v) is 8.24. The Morgan fingerprint density at radius 1 is 1.22 bits per heavy atom. The van der Waals surface area contributed by atoms with Crippen LogP contribution in [0.25, 0.3) is 5.65 Å². The van der Waals surface area contributed by atoms with Crippen LogP contribution in [-0.4, -0.2) is 41.6 Å². The van der Waals surface area contributed by atoms with Crippen molar-refractivity contribution < 1.29 is 0 Å². The summed E-state index contributed by atoms with van der Waals surface area (Å²) in [5.74, 6) is 1.86. The second-order valence-electron chi connectivity index (χ2n) is 6.35. The first-order chi connectivity index (χ1) is 11.2. The number of likely N-dealkylation sites (tertiary alicyclic amines) is 1. The molecule has 4 heterocycles. The van der Waals surface area contributed by atoms with Crippen LogP contribution in [0, 0.1) is 13.8 Å². The molecule has 1 aliphatic heterocycles. The SMILES string of the molecule is Cc1nc(C)n(C[C@@H]2CCCN2Cc2cn3ccccc3n2)n1. The summed E-state index contributed by atoms with van der Waals surface area (Å²) >= 11 is 0. The molecule has 23 heavy (non-hydrogen) atoms. The highest BCUT2D eigenvalue weighted by molar-refractivity contribution is 5.39. The van der Waals surface area contributed by atoms with E-state index in [4.69, 9.17) is 4.98 Å². The van der Waals surface area contributed by atoms with E-state index in [1.54, 1.807) is 0 Å². The van der Waals surface area contributed by atoms with Gasteiger partial charge in [-0.05, 0) is 45.4 Å². The smallest absolute Gasteiger partial charge is 0.147 e. The zero-order chi connectivity index (χ0) is 15.8. The van der Waals surface area contributed by atoms with Gasteiger partial charge in [0.1, 0.15) is 17.3 Å². The van der Waals surface area contributed by atoms with Crippen LogP contribution in [0.4, 0.5) is 0 Å². The second-order valence-corrected chi connectivity index (χ2v) is 6.35. The van der Waals surface area contributed by atoms with Crippen LogP contribution < -0.4 is 0 Å². The minimum atomic E-state index is 0.514. The molecule has 120 valence electrons. The third-order valence-corrected chi connectivity index (χ3v) is 4.62. The van der Waals surface area contributed by atoms with Crippen molar-refractivity contribution in [2.45, 2.75) is 45.8 Å². The van der Waals surface area contributed by atoms with Gasteiger partial charge in [0, 0.05) is 25.0 Å². The summed E-state index contributed by atoms with van der Waals surface area (Å²) in [7, 11) is 0. The molecule has 1 aliphatic rings. The summed E-state index contributed by atoms with van der Waals surface area (Å²) in [5, 5.41) is 4.51. The molecule has 0 aliphatic carbocycles. The molecule has 0 aromatic carbocycles. The fraction of sp³-hybridized carbons (Fsp3) is 0.471. The summed E-state index contributed by atoms with van der Waals surface area (Å²) in [6.45, 7) is 6.93. The lowest BCUT2D eigenvalue weighted by atomic mass is 10.2. The molecule has 0 saturated carbocycles. The molecule has 6 heteroatoms. The number of imidazole rings is 1. The molecule has 1 fully saturated rings. The highest BCUT2D eigenvalue weighted by Crippen LogP contribution is 2.21. The quantitative estimate of drug-likeness (QED) is 0.741. The van der Waals surface area contributed by atoms with Crippen LogP contribution in [-0.2, 0) is 13.1 Å². The number of nitrogens with zero attached hydrogens (tertiary/aromatic N) is 6. The minimum absolute atomic E-state index is 0.514. The van der Waals surface area contributed by atoms with Crippen molar-refractivity contribution in [3.63, 3.8) is 0 Å². The van der Waals surface area contributed by atoms with E-state index < -0.39 is 0 Å². The molecule has 0 unspecified atom stereocenters. The van der Waals surface area contributed by atoms with Crippen molar-refractivity contribution in [1.82, 2.24) is 29.0 Å². The fourth-order valence-corrected chi connectivity index (χ4v) is 3.52. The van der Waals surface area contributed by atoms with Crippen LogP contribution in [0.5, 0.6) is 0 Å². The molecule has 0 bridgehead atoms. The normalized spacial score (nSPS) is 19.0. The zero-order valence-corrected chi connectivity index (χ0v) is 13.7. The van der Waals surface area contributed by atoms with E-state index in [1.165, 1.54) is 12.8 Å². The molecule has 1 saturated heterocycles. The standard InChI is InChI=1S/C17H22N6/c1-13-18-14(2)23(20-13)12-16-6-5-9-21(16)10-15-11-22-8-4-3-7-17(22)19-15/h3-4,7-8,11,16H,5-6,9-10,12H2,1-2H3/t16-/m0/s1. The Bertz CT molecular complexity index is 784. The van der Waals surface area contributed by atoms with Crippen LogP contribution >= 0.6 is 0 Å². The second kappa shape index (κ2) is 5.77. The van der Waals surface area contributed by atoms with Crippen molar-refractivity contribution in [2.75, 3.05) is 6.54 Å². The van der Waals surface area contributed by atoms with E-state index >= 15 is 0 Å². The van der Waals surface area contributed by atoms with Gasteiger partial charge in [0.15, 0.2) is 0 Å². The number of pyridine rings is 1. The van der Waals surface area contributed by atoms with E-state index in [0.29, 0.717) is 6.04 Å². The lowest BCUT2D eigenvalue weighted by Gasteiger charge is -2.23. The van der Waals surface area contributed by atoms with Gasteiger partial charge in [0.05, 0.1) is 12.2 Å². The largest absolute Gasteiger partial charge is 0.307 e. The Hall–Kier alpha value is -2.21. The minimum Gasteiger partial charge on any atom is -0.307 e. The number of rotatable bonds is 4. The van der Waals surface area contributed by atoms with E-state index in [2.05, 4.69) is 31.8 Å². The van der Waals surface area contributed by atoms with Gasteiger partial charge in [0.25, 0.3) is 0 Å². The maximum atomic E-state index is 4.73. The molecular formula is C17H22N6. The third kappa shape index (κ3) is 2.86. The van der Waals surface area contributed by atoms with Gasteiger partial charge in [-0.3, -0.25) is 4.90 Å². The van der Waals surface area contributed by atoms with Crippen LogP contribution in [0.3, 0.4) is 0 Å². The van der Waals surface area contributed by atoms with Gasteiger partial charge in [-0.25, -0.2) is 14.6 Å². The number of hydrogen-bond acceptors (Lipinski definition) is 4. The van der Waals surface area contributed by atoms with Gasteiger partial charge in [-0.1, -0.05) is 6.07 Å². The maximum Gasteiger partial charge on any atom is 0.147 e. The monoisotopic (exact) mass is 310 g/mol. The fourth-order valence-electron chi connectivity index (χ4n) is 3.52. The van der Waals surface area contributed by atoms with Crippen molar-refractivity contribution >= 4 is 5.65 Å². The van der Waals surface area contributed by atoms with E-state index in [1.807, 2.05) is 36.7 Å². The summed E-state index contributed by atoms with van der Waals surface area (Å²) < 4.78 is 4.13. The van der Waals surface area contributed by atoms with Gasteiger partial charge < -0.3 is 4.40 Å². The topological polar surface area (TPSA) is 51.2 Å².